The summed E-state index contributed by atoms with van der Waals surface area (Å²) < 4.78 is 6.79. The Hall–Kier alpha value is -3.39. The topological polar surface area (TPSA) is 98.1 Å². The van der Waals surface area contributed by atoms with Crippen LogP contribution in [-0.4, -0.2) is 40.0 Å². The molecule has 1 aromatic heterocycles. The Kier molecular flexibility index (Phi) is 7.61. The highest BCUT2D eigenvalue weighted by Gasteiger charge is 2.18. The van der Waals surface area contributed by atoms with Crippen molar-refractivity contribution in [3.05, 3.63) is 70.5 Å². The predicted octanol–water partition coefficient (Wildman–Crippen LogP) is 3.25. The van der Waals surface area contributed by atoms with E-state index in [9.17, 15) is 9.59 Å². The quantitative estimate of drug-likeness (QED) is 0.531. The zero-order valence-electron chi connectivity index (χ0n) is 17.4. The molecule has 1 heterocycles. The molecule has 0 spiro atoms. The number of hydrogen-bond acceptors (Lipinski definition) is 5. The summed E-state index contributed by atoms with van der Waals surface area (Å²) in [4.78, 5) is 24.8. The molecule has 0 aliphatic rings. The summed E-state index contributed by atoms with van der Waals surface area (Å²) >= 11 is 5.87. The van der Waals surface area contributed by atoms with Gasteiger partial charge in [0.25, 0.3) is 5.91 Å². The largest absolute Gasteiger partial charge is 0.494 e. The Labute approximate surface area is 185 Å². The molecule has 0 unspecified atom stereocenters. The van der Waals surface area contributed by atoms with Crippen LogP contribution in [0.1, 0.15) is 28.7 Å². The fraction of sp³-hybridized carbons (Fsp3) is 0.273. The first-order valence-corrected chi connectivity index (χ1v) is 10.3. The molecule has 31 heavy (non-hydrogen) atoms. The van der Waals surface area contributed by atoms with Crippen molar-refractivity contribution in [2.45, 2.75) is 26.8 Å². The number of nitrogens with one attached hydrogen (secondary N) is 2. The highest BCUT2D eigenvalue weighted by atomic mass is 35.5. The monoisotopic (exact) mass is 441 g/mol. The van der Waals surface area contributed by atoms with Gasteiger partial charge in [0.15, 0.2) is 5.69 Å². The lowest BCUT2D eigenvalue weighted by Gasteiger charge is -2.08. The molecule has 2 aromatic carbocycles. The molecule has 0 fully saturated rings. The van der Waals surface area contributed by atoms with E-state index in [0.717, 1.165) is 11.3 Å². The van der Waals surface area contributed by atoms with Crippen LogP contribution < -0.4 is 15.4 Å². The Bertz CT molecular complexity index is 1030. The summed E-state index contributed by atoms with van der Waals surface area (Å²) in [5, 5.41) is 14.2. The third kappa shape index (κ3) is 6.29. The minimum atomic E-state index is -0.393. The van der Waals surface area contributed by atoms with Gasteiger partial charge in [0.2, 0.25) is 5.91 Å². The number of amides is 2. The van der Waals surface area contributed by atoms with Crippen molar-refractivity contribution in [1.29, 1.82) is 0 Å². The van der Waals surface area contributed by atoms with Gasteiger partial charge in [-0.3, -0.25) is 9.59 Å². The molecule has 162 valence electrons. The van der Waals surface area contributed by atoms with Crippen LogP contribution in [0.25, 0.3) is 0 Å². The number of ether oxygens (including phenoxy) is 1. The molecule has 0 saturated heterocycles. The highest BCUT2D eigenvalue weighted by molar-refractivity contribution is 6.30. The number of anilines is 1. The van der Waals surface area contributed by atoms with Crippen molar-refractivity contribution in [2.75, 3.05) is 18.5 Å². The first-order chi connectivity index (χ1) is 15.0. The summed E-state index contributed by atoms with van der Waals surface area (Å²) in [6.45, 7) is 4.65. The molecule has 3 aromatic rings. The van der Waals surface area contributed by atoms with Gasteiger partial charge in [-0.25, -0.2) is 4.68 Å². The number of carbonyl (C=O) groups is 2. The number of hydrogen-bond donors (Lipinski definition) is 2. The first-order valence-electron chi connectivity index (χ1n) is 9.91. The van der Waals surface area contributed by atoms with Crippen LogP contribution in [0, 0.1) is 6.92 Å². The maximum atomic E-state index is 12.5. The molecular weight excluding hydrogens is 418 g/mol. The SMILES string of the molecule is CCOc1ccc(NC(=O)c2nnn(CC(=O)NCCc3ccc(Cl)cc3)c2C)cc1. The highest BCUT2D eigenvalue weighted by Crippen LogP contribution is 2.17. The molecule has 0 bridgehead atoms. The van der Waals surface area contributed by atoms with E-state index in [2.05, 4.69) is 20.9 Å². The smallest absolute Gasteiger partial charge is 0.278 e. The summed E-state index contributed by atoms with van der Waals surface area (Å²) in [6, 6.07) is 14.5. The van der Waals surface area contributed by atoms with Crippen LogP contribution in [0.3, 0.4) is 0 Å². The Balaban J connectivity index is 1.51. The molecule has 8 nitrogen and oxygen atoms in total. The van der Waals surface area contributed by atoms with Crippen molar-refractivity contribution in [1.82, 2.24) is 20.3 Å². The maximum absolute atomic E-state index is 12.5. The van der Waals surface area contributed by atoms with Gasteiger partial charge in [0.05, 0.1) is 12.3 Å². The van der Waals surface area contributed by atoms with E-state index >= 15 is 0 Å². The number of benzene rings is 2. The van der Waals surface area contributed by atoms with E-state index in [1.54, 1.807) is 31.2 Å². The second-order valence-corrected chi connectivity index (χ2v) is 7.26. The number of halogens is 1. The molecule has 2 N–H and O–H groups in total. The van der Waals surface area contributed by atoms with Crippen LogP contribution in [0.4, 0.5) is 5.69 Å². The molecule has 0 aliphatic carbocycles. The first kappa shape index (κ1) is 22.3. The van der Waals surface area contributed by atoms with Crippen molar-refractivity contribution < 1.29 is 14.3 Å². The summed E-state index contributed by atoms with van der Waals surface area (Å²) in [5.74, 6) is 0.126. The third-order valence-corrected chi connectivity index (χ3v) is 4.82. The van der Waals surface area contributed by atoms with E-state index in [1.807, 2.05) is 31.2 Å². The number of carbonyl (C=O) groups excluding carboxylic acids is 2. The molecule has 9 heteroatoms. The fourth-order valence-corrected chi connectivity index (χ4v) is 3.03. The van der Waals surface area contributed by atoms with Crippen molar-refractivity contribution >= 4 is 29.1 Å². The zero-order valence-corrected chi connectivity index (χ0v) is 18.1. The Morgan fingerprint density at radius 1 is 1.10 bits per heavy atom. The van der Waals surface area contributed by atoms with Gasteiger partial charge in [-0.1, -0.05) is 28.9 Å². The van der Waals surface area contributed by atoms with Gasteiger partial charge in [-0.2, -0.15) is 0 Å². The normalized spacial score (nSPS) is 10.5. The minimum absolute atomic E-state index is 0.0181. The molecule has 0 saturated carbocycles. The second kappa shape index (κ2) is 10.6. The van der Waals surface area contributed by atoms with Crippen LogP contribution in [-0.2, 0) is 17.8 Å². The van der Waals surface area contributed by atoms with Crippen LogP contribution in [0.2, 0.25) is 5.02 Å². The number of rotatable bonds is 9. The van der Waals surface area contributed by atoms with Gasteiger partial charge < -0.3 is 15.4 Å². The molecule has 3 rings (SSSR count). The van der Waals surface area contributed by atoms with Crippen molar-refractivity contribution in [3.63, 3.8) is 0 Å². The van der Waals surface area contributed by atoms with Crippen LogP contribution >= 0.6 is 11.6 Å². The maximum Gasteiger partial charge on any atom is 0.278 e. The second-order valence-electron chi connectivity index (χ2n) is 6.82. The summed E-state index contributed by atoms with van der Waals surface area (Å²) in [6.07, 6.45) is 0.689. The van der Waals surface area contributed by atoms with E-state index in [-0.39, 0.29) is 18.1 Å². The van der Waals surface area contributed by atoms with Crippen molar-refractivity contribution in [2.24, 2.45) is 0 Å². The van der Waals surface area contributed by atoms with E-state index in [0.29, 0.717) is 36.0 Å². The van der Waals surface area contributed by atoms with Gasteiger partial charge in [-0.05, 0) is 62.2 Å². The standard InChI is InChI=1S/C22H24ClN5O3/c1-3-31-19-10-8-18(9-11-19)25-22(30)21-15(2)28(27-26-21)14-20(29)24-13-12-16-4-6-17(23)7-5-16/h4-11H,3,12-14H2,1-2H3,(H,24,29)(H,25,30). The van der Waals surface area contributed by atoms with E-state index in [1.165, 1.54) is 4.68 Å². The Morgan fingerprint density at radius 3 is 2.48 bits per heavy atom. The van der Waals surface area contributed by atoms with Gasteiger partial charge in [-0.15, -0.1) is 5.10 Å². The fourth-order valence-electron chi connectivity index (χ4n) is 2.90. The molecule has 0 radical (unpaired) electrons. The average Bonchev–Trinajstić information content (AvgIpc) is 3.11. The number of aromatic nitrogens is 3. The third-order valence-electron chi connectivity index (χ3n) is 4.56. The molecular formula is C22H24ClN5O3. The Morgan fingerprint density at radius 2 is 1.81 bits per heavy atom. The lowest BCUT2D eigenvalue weighted by molar-refractivity contribution is -0.121. The average molecular weight is 442 g/mol. The van der Waals surface area contributed by atoms with Gasteiger partial charge in [0, 0.05) is 17.3 Å². The number of nitrogens with zero attached hydrogens (tertiary/aromatic N) is 3. The predicted molar refractivity (Wildman–Crippen MR) is 118 cm³/mol. The van der Waals surface area contributed by atoms with Crippen molar-refractivity contribution in [3.8, 4) is 5.75 Å². The van der Waals surface area contributed by atoms with Gasteiger partial charge >= 0.3 is 0 Å². The van der Waals surface area contributed by atoms with Gasteiger partial charge in [0.1, 0.15) is 12.3 Å². The molecule has 0 aliphatic heterocycles. The lowest BCUT2D eigenvalue weighted by Crippen LogP contribution is -2.30. The van der Waals surface area contributed by atoms with E-state index in [4.69, 9.17) is 16.3 Å². The zero-order chi connectivity index (χ0) is 22.2. The lowest BCUT2D eigenvalue weighted by atomic mass is 10.1. The summed E-state index contributed by atoms with van der Waals surface area (Å²) in [7, 11) is 0. The molecule has 2 amide bonds. The van der Waals surface area contributed by atoms with E-state index < -0.39 is 5.91 Å². The molecule has 0 atom stereocenters. The summed E-state index contributed by atoms with van der Waals surface area (Å²) in [5.41, 5.74) is 2.37. The van der Waals surface area contributed by atoms with Crippen LogP contribution in [0.5, 0.6) is 5.75 Å². The minimum Gasteiger partial charge on any atom is -0.494 e. The van der Waals surface area contributed by atoms with Crippen LogP contribution in [0.15, 0.2) is 48.5 Å².